The van der Waals surface area contributed by atoms with Crippen molar-refractivity contribution in [1.82, 2.24) is 14.8 Å². The summed E-state index contributed by atoms with van der Waals surface area (Å²) in [6, 6.07) is 7.36. The lowest BCUT2D eigenvalue weighted by atomic mass is 10.2. The van der Waals surface area contributed by atoms with Crippen molar-refractivity contribution < 1.29 is 9.53 Å². The Labute approximate surface area is 90.7 Å². The number of fused-ring (bicyclic) bond motifs is 3. The number of benzene rings is 1. The molecule has 6 heteroatoms. The monoisotopic (exact) mass is 216 g/mol. The molecule has 2 N–H and O–H groups in total. The van der Waals surface area contributed by atoms with Gasteiger partial charge in [0.1, 0.15) is 12.4 Å². The van der Waals surface area contributed by atoms with Gasteiger partial charge in [-0.05, 0) is 12.1 Å². The van der Waals surface area contributed by atoms with Gasteiger partial charge >= 0.3 is 0 Å². The van der Waals surface area contributed by atoms with Crippen molar-refractivity contribution in [2.75, 3.05) is 0 Å². The third kappa shape index (κ3) is 1.10. The zero-order valence-electron chi connectivity index (χ0n) is 8.25. The van der Waals surface area contributed by atoms with Crippen LogP contribution in [0.15, 0.2) is 24.3 Å². The number of hydrogen-bond donors (Lipinski definition) is 1. The summed E-state index contributed by atoms with van der Waals surface area (Å²) in [7, 11) is 0. The molecule has 0 radical (unpaired) electrons. The third-order valence-electron chi connectivity index (χ3n) is 2.41. The largest absolute Gasteiger partial charge is 0.483 e. The smallest absolute Gasteiger partial charge is 0.287 e. The van der Waals surface area contributed by atoms with Gasteiger partial charge in [0.2, 0.25) is 5.82 Å². The molecule has 0 spiro atoms. The van der Waals surface area contributed by atoms with Crippen molar-refractivity contribution in [3.63, 3.8) is 0 Å². The second kappa shape index (κ2) is 3.06. The Morgan fingerprint density at radius 1 is 1.38 bits per heavy atom. The minimum Gasteiger partial charge on any atom is -0.483 e. The molecule has 1 aromatic heterocycles. The minimum atomic E-state index is -0.601. The number of para-hydroxylation sites is 2. The predicted octanol–water partition coefficient (Wildman–Crippen LogP) is 0.259. The zero-order valence-corrected chi connectivity index (χ0v) is 8.25. The molecular formula is C10H8N4O2. The van der Waals surface area contributed by atoms with Gasteiger partial charge < -0.3 is 10.5 Å². The molecule has 3 rings (SSSR count). The van der Waals surface area contributed by atoms with Crippen LogP contribution < -0.4 is 10.5 Å². The number of amides is 1. The van der Waals surface area contributed by atoms with E-state index in [0.29, 0.717) is 11.6 Å². The molecule has 2 heterocycles. The normalized spacial score (nSPS) is 12.5. The van der Waals surface area contributed by atoms with Gasteiger partial charge in [-0.3, -0.25) is 9.36 Å². The average molecular weight is 216 g/mol. The number of primary amides is 1. The highest BCUT2D eigenvalue weighted by Crippen LogP contribution is 2.29. The van der Waals surface area contributed by atoms with Crippen LogP contribution in [0.3, 0.4) is 0 Å². The second-order valence-electron chi connectivity index (χ2n) is 3.40. The van der Waals surface area contributed by atoms with E-state index >= 15 is 0 Å². The minimum absolute atomic E-state index is 0.130. The van der Waals surface area contributed by atoms with Crippen LogP contribution in [-0.4, -0.2) is 20.7 Å². The molecule has 0 fully saturated rings. The van der Waals surface area contributed by atoms with Crippen molar-refractivity contribution in [3.05, 3.63) is 35.9 Å². The van der Waals surface area contributed by atoms with Crippen molar-refractivity contribution in [2.24, 2.45) is 5.73 Å². The first-order valence-corrected chi connectivity index (χ1v) is 4.73. The molecule has 0 unspecified atom stereocenters. The topological polar surface area (TPSA) is 83.0 Å². The Bertz CT molecular complexity index is 576. The lowest BCUT2D eigenvalue weighted by Crippen LogP contribution is -2.21. The second-order valence-corrected chi connectivity index (χ2v) is 3.40. The Kier molecular flexibility index (Phi) is 1.70. The molecule has 0 atom stereocenters. The van der Waals surface area contributed by atoms with E-state index in [9.17, 15) is 4.79 Å². The Hall–Kier alpha value is -2.37. The number of nitrogens with zero attached hydrogens (tertiary/aromatic N) is 3. The van der Waals surface area contributed by atoms with Crippen LogP contribution in [0.1, 0.15) is 16.4 Å². The van der Waals surface area contributed by atoms with E-state index in [4.69, 9.17) is 10.5 Å². The molecule has 1 aliphatic rings. The number of hydrogen-bond acceptors (Lipinski definition) is 4. The Morgan fingerprint density at radius 3 is 3.00 bits per heavy atom. The highest BCUT2D eigenvalue weighted by molar-refractivity contribution is 5.90. The first kappa shape index (κ1) is 8.90. The molecule has 6 nitrogen and oxygen atoms in total. The Morgan fingerprint density at radius 2 is 2.19 bits per heavy atom. The molecule has 16 heavy (non-hydrogen) atoms. The van der Waals surface area contributed by atoms with E-state index < -0.39 is 5.91 Å². The predicted molar refractivity (Wildman–Crippen MR) is 54.2 cm³/mol. The number of aromatic nitrogens is 3. The van der Waals surface area contributed by atoms with Gasteiger partial charge in [0.05, 0.1) is 5.69 Å². The van der Waals surface area contributed by atoms with Crippen molar-refractivity contribution in [1.29, 1.82) is 0 Å². The Balaban J connectivity index is 2.29. The maximum Gasteiger partial charge on any atom is 0.287 e. The van der Waals surface area contributed by atoms with Crippen LogP contribution in [0.2, 0.25) is 0 Å². The maximum atomic E-state index is 11.2. The van der Waals surface area contributed by atoms with Crippen molar-refractivity contribution in [2.45, 2.75) is 6.61 Å². The van der Waals surface area contributed by atoms with E-state index in [1.165, 1.54) is 0 Å². The van der Waals surface area contributed by atoms with Crippen molar-refractivity contribution >= 4 is 5.91 Å². The highest BCUT2D eigenvalue weighted by atomic mass is 16.5. The number of carbonyl (C=O) groups is 1. The SMILES string of the molecule is NC(=O)c1nnc2n1-c1ccccc1OC2. The molecular weight excluding hydrogens is 208 g/mol. The number of nitrogens with two attached hydrogens (primary N) is 1. The van der Waals surface area contributed by atoms with Crippen LogP contribution in [0.4, 0.5) is 0 Å². The fourth-order valence-electron chi connectivity index (χ4n) is 1.73. The summed E-state index contributed by atoms with van der Waals surface area (Å²) in [5.41, 5.74) is 5.97. The summed E-state index contributed by atoms with van der Waals surface area (Å²) in [6.45, 7) is 0.289. The molecule has 2 aromatic rings. The summed E-state index contributed by atoms with van der Waals surface area (Å²) in [5.74, 6) is 0.797. The summed E-state index contributed by atoms with van der Waals surface area (Å²) >= 11 is 0. The molecule has 80 valence electrons. The summed E-state index contributed by atoms with van der Waals surface area (Å²) in [4.78, 5) is 11.2. The lowest BCUT2D eigenvalue weighted by Gasteiger charge is -2.18. The van der Waals surface area contributed by atoms with E-state index in [-0.39, 0.29) is 12.4 Å². The molecule has 1 aromatic carbocycles. The van der Waals surface area contributed by atoms with Gasteiger partial charge in [0, 0.05) is 0 Å². The molecule has 0 bridgehead atoms. The van der Waals surface area contributed by atoms with Crippen LogP contribution in [0.5, 0.6) is 5.75 Å². The molecule has 0 aliphatic carbocycles. The van der Waals surface area contributed by atoms with E-state index in [0.717, 1.165) is 5.69 Å². The fraction of sp³-hybridized carbons (Fsp3) is 0.100. The molecule has 0 saturated carbocycles. The third-order valence-corrected chi connectivity index (χ3v) is 2.41. The number of carbonyl (C=O) groups excluding carboxylic acids is 1. The van der Waals surface area contributed by atoms with Crippen molar-refractivity contribution in [3.8, 4) is 11.4 Å². The van der Waals surface area contributed by atoms with Crippen LogP contribution >= 0.6 is 0 Å². The van der Waals surface area contributed by atoms with E-state index in [1.807, 2.05) is 24.3 Å². The van der Waals surface area contributed by atoms with Crippen LogP contribution in [0, 0.1) is 0 Å². The molecule has 1 aliphatic heterocycles. The van der Waals surface area contributed by atoms with Crippen LogP contribution in [-0.2, 0) is 6.61 Å². The number of ether oxygens (including phenoxy) is 1. The lowest BCUT2D eigenvalue weighted by molar-refractivity contribution is 0.0987. The van der Waals surface area contributed by atoms with Gasteiger partial charge in [-0.2, -0.15) is 0 Å². The van der Waals surface area contributed by atoms with Gasteiger partial charge in [0.25, 0.3) is 5.91 Å². The van der Waals surface area contributed by atoms with Gasteiger partial charge in [-0.1, -0.05) is 12.1 Å². The first-order valence-electron chi connectivity index (χ1n) is 4.73. The zero-order chi connectivity index (χ0) is 11.1. The average Bonchev–Trinajstić information content (AvgIpc) is 2.73. The quantitative estimate of drug-likeness (QED) is 0.741. The van der Waals surface area contributed by atoms with Gasteiger partial charge in [0.15, 0.2) is 5.82 Å². The van der Waals surface area contributed by atoms with E-state index in [1.54, 1.807) is 4.57 Å². The van der Waals surface area contributed by atoms with Gasteiger partial charge in [-0.25, -0.2) is 0 Å². The maximum absolute atomic E-state index is 11.2. The standard InChI is InChI=1S/C10H8N4O2/c11-9(15)10-13-12-8-5-16-7-4-2-1-3-6(7)14(8)10/h1-4H,5H2,(H2,11,15). The molecule has 1 amide bonds. The summed E-state index contributed by atoms with van der Waals surface area (Å²) in [5, 5.41) is 7.62. The fourth-order valence-corrected chi connectivity index (χ4v) is 1.73. The number of rotatable bonds is 1. The first-order chi connectivity index (χ1) is 7.77. The molecule has 0 saturated heterocycles. The van der Waals surface area contributed by atoms with Crippen LogP contribution in [0.25, 0.3) is 5.69 Å². The highest BCUT2D eigenvalue weighted by Gasteiger charge is 2.24. The van der Waals surface area contributed by atoms with E-state index in [2.05, 4.69) is 10.2 Å². The summed E-state index contributed by atoms with van der Waals surface area (Å²) in [6.07, 6.45) is 0. The summed E-state index contributed by atoms with van der Waals surface area (Å²) < 4.78 is 7.09. The van der Waals surface area contributed by atoms with Gasteiger partial charge in [-0.15, -0.1) is 10.2 Å².